The lowest BCUT2D eigenvalue weighted by atomic mass is 10.1. The molecule has 0 bridgehead atoms. The highest BCUT2D eigenvalue weighted by atomic mass is 32.2. The van der Waals surface area contributed by atoms with Crippen LogP contribution < -0.4 is 0 Å². The summed E-state index contributed by atoms with van der Waals surface area (Å²) >= 11 is 2.92. The number of nitrogens with zero attached hydrogens (tertiary/aromatic N) is 5. The van der Waals surface area contributed by atoms with Gasteiger partial charge in [0.1, 0.15) is 0 Å². The Hall–Kier alpha value is -2.66. The van der Waals surface area contributed by atoms with Crippen molar-refractivity contribution in [2.75, 3.05) is 0 Å². The molecule has 3 heterocycles. The average molecular weight is 423 g/mol. The molecular weight excluding hydrogens is 411 g/mol. The molecule has 0 atom stereocenters. The zero-order chi connectivity index (χ0) is 19.7. The van der Waals surface area contributed by atoms with Crippen LogP contribution in [0.15, 0.2) is 51.5 Å². The van der Waals surface area contributed by atoms with E-state index in [4.69, 9.17) is 4.52 Å². The van der Waals surface area contributed by atoms with Gasteiger partial charge in [-0.1, -0.05) is 35.1 Å². The molecule has 144 valence electrons. The highest BCUT2D eigenvalue weighted by Gasteiger charge is 2.30. The van der Waals surface area contributed by atoms with Gasteiger partial charge in [-0.05, 0) is 23.6 Å². The number of thioether (sulfide) groups is 1. The van der Waals surface area contributed by atoms with Gasteiger partial charge in [0.25, 0.3) is 0 Å². The van der Waals surface area contributed by atoms with E-state index in [2.05, 4.69) is 20.3 Å². The Labute approximate surface area is 165 Å². The second-order valence-corrected chi connectivity index (χ2v) is 7.61. The molecule has 6 nitrogen and oxygen atoms in total. The minimum Gasteiger partial charge on any atom is -0.338 e. The summed E-state index contributed by atoms with van der Waals surface area (Å²) in [6.45, 7) is 0. The SMILES string of the molecule is Cn1c(SCc2nc(-c3cccc(C(F)(F)F)c3)no2)nnc1-c1cccs1. The van der Waals surface area contributed by atoms with Crippen LogP contribution in [0, 0.1) is 0 Å². The normalized spacial score (nSPS) is 11.9. The van der Waals surface area contributed by atoms with E-state index in [1.807, 2.05) is 29.1 Å². The summed E-state index contributed by atoms with van der Waals surface area (Å²) < 4.78 is 45.6. The largest absolute Gasteiger partial charge is 0.416 e. The summed E-state index contributed by atoms with van der Waals surface area (Å²) in [5.41, 5.74) is -0.514. The first-order valence-electron chi connectivity index (χ1n) is 7.98. The summed E-state index contributed by atoms with van der Waals surface area (Å²) in [5.74, 6) is 1.48. The van der Waals surface area contributed by atoms with Gasteiger partial charge in [-0.25, -0.2) is 0 Å². The molecule has 4 rings (SSSR count). The smallest absolute Gasteiger partial charge is 0.338 e. The number of aromatic nitrogens is 5. The van der Waals surface area contributed by atoms with Gasteiger partial charge < -0.3 is 9.09 Å². The number of hydrogen-bond acceptors (Lipinski definition) is 7. The van der Waals surface area contributed by atoms with Crippen LogP contribution in [0.2, 0.25) is 0 Å². The maximum Gasteiger partial charge on any atom is 0.416 e. The average Bonchev–Trinajstić information content (AvgIpc) is 3.41. The van der Waals surface area contributed by atoms with Crippen LogP contribution in [0.1, 0.15) is 11.5 Å². The number of thiophene rings is 1. The van der Waals surface area contributed by atoms with Crippen molar-refractivity contribution in [3.63, 3.8) is 0 Å². The Morgan fingerprint density at radius 3 is 2.79 bits per heavy atom. The highest BCUT2D eigenvalue weighted by molar-refractivity contribution is 7.98. The summed E-state index contributed by atoms with van der Waals surface area (Å²) in [7, 11) is 1.86. The minimum atomic E-state index is -4.43. The molecule has 0 amide bonds. The van der Waals surface area contributed by atoms with E-state index in [9.17, 15) is 13.2 Å². The van der Waals surface area contributed by atoms with Crippen molar-refractivity contribution in [1.29, 1.82) is 0 Å². The summed E-state index contributed by atoms with van der Waals surface area (Å²) in [6.07, 6.45) is -4.43. The third kappa shape index (κ3) is 3.80. The van der Waals surface area contributed by atoms with Gasteiger partial charge in [0.05, 0.1) is 16.2 Å². The van der Waals surface area contributed by atoms with E-state index in [-0.39, 0.29) is 17.3 Å². The predicted octanol–water partition coefficient (Wildman–Crippen LogP) is 4.90. The molecule has 0 unspecified atom stereocenters. The third-order valence-corrected chi connectivity index (χ3v) is 5.69. The maximum atomic E-state index is 12.9. The van der Waals surface area contributed by atoms with Gasteiger partial charge in [-0.3, -0.25) is 0 Å². The van der Waals surface area contributed by atoms with Crippen LogP contribution in [0.25, 0.3) is 22.1 Å². The lowest BCUT2D eigenvalue weighted by Gasteiger charge is -2.06. The van der Waals surface area contributed by atoms with Crippen molar-refractivity contribution in [3.05, 3.63) is 53.2 Å². The van der Waals surface area contributed by atoms with E-state index in [0.29, 0.717) is 10.9 Å². The van der Waals surface area contributed by atoms with Crippen LogP contribution in [-0.4, -0.2) is 24.9 Å². The highest BCUT2D eigenvalue weighted by Crippen LogP contribution is 2.32. The second kappa shape index (κ2) is 7.40. The van der Waals surface area contributed by atoms with Crippen molar-refractivity contribution >= 4 is 23.1 Å². The zero-order valence-corrected chi connectivity index (χ0v) is 16.0. The standard InChI is InChI=1S/C17H12F3N5OS2/c1-25-15(12-6-3-7-27-12)22-23-16(25)28-9-13-21-14(24-26-13)10-4-2-5-11(8-10)17(18,19)20/h2-8H,9H2,1H3. The second-order valence-electron chi connectivity index (χ2n) is 5.72. The molecule has 11 heteroatoms. The fraction of sp³-hybridized carbons (Fsp3) is 0.176. The van der Waals surface area contributed by atoms with Crippen molar-refractivity contribution in [3.8, 4) is 22.1 Å². The first-order valence-corrected chi connectivity index (χ1v) is 9.84. The summed E-state index contributed by atoms with van der Waals surface area (Å²) in [6, 6.07) is 8.72. The molecule has 3 aromatic heterocycles. The molecule has 0 spiro atoms. The quantitative estimate of drug-likeness (QED) is 0.425. The van der Waals surface area contributed by atoms with E-state index >= 15 is 0 Å². The van der Waals surface area contributed by atoms with E-state index in [1.54, 1.807) is 11.3 Å². The Kier molecular flexibility index (Phi) is 4.94. The molecular formula is C17H12F3N5OS2. The number of hydrogen-bond donors (Lipinski definition) is 0. The van der Waals surface area contributed by atoms with Gasteiger partial charge in [-0.15, -0.1) is 21.5 Å². The summed E-state index contributed by atoms with van der Waals surface area (Å²) in [5, 5.41) is 14.8. The van der Waals surface area contributed by atoms with Crippen molar-refractivity contribution in [2.45, 2.75) is 17.1 Å². The topological polar surface area (TPSA) is 69.6 Å². The summed E-state index contributed by atoms with van der Waals surface area (Å²) in [4.78, 5) is 5.19. The van der Waals surface area contributed by atoms with Crippen LogP contribution >= 0.6 is 23.1 Å². The fourth-order valence-electron chi connectivity index (χ4n) is 2.45. The molecule has 0 radical (unpaired) electrons. The Morgan fingerprint density at radius 2 is 2.04 bits per heavy atom. The molecule has 0 N–H and O–H groups in total. The minimum absolute atomic E-state index is 0.110. The molecule has 0 aliphatic heterocycles. The van der Waals surface area contributed by atoms with Crippen LogP contribution in [0.3, 0.4) is 0 Å². The van der Waals surface area contributed by atoms with E-state index < -0.39 is 11.7 Å². The molecule has 0 fully saturated rings. The lowest BCUT2D eigenvalue weighted by molar-refractivity contribution is -0.137. The number of halogens is 3. The van der Waals surface area contributed by atoms with Gasteiger partial charge in [0.2, 0.25) is 11.7 Å². The van der Waals surface area contributed by atoms with E-state index in [0.717, 1.165) is 22.8 Å². The zero-order valence-electron chi connectivity index (χ0n) is 14.3. The molecule has 4 aromatic rings. The predicted molar refractivity (Wildman–Crippen MR) is 98.6 cm³/mol. The van der Waals surface area contributed by atoms with Crippen LogP contribution in [0.4, 0.5) is 13.2 Å². The van der Waals surface area contributed by atoms with Gasteiger partial charge in [0, 0.05) is 12.6 Å². The first-order chi connectivity index (χ1) is 13.4. The van der Waals surface area contributed by atoms with Crippen LogP contribution in [-0.2, 0) is 19.0 Å². The number of benzene rings is 1. The van der Waals surface area contributed by atoms with Crippen molar-refractivity contribution < 1.29 is 17.7 Å². The maximum absolute atomic E-state index is 12.9. The van der Waals surface area contributed by atoms with Crippen molar-refractivity contribution in [1.82, 2.24) is 24.9 Å². The number of rotatable bonds is 5. The Bertz CT molecular complexity index is 1090. The van der Waals surface area contributed by atoms with E-state index in [1.165, 1.54) is 23.9 Å². The molecule has 0 aliphatic rings. The molecule has 1 aromatic carbocycles. The molecule has 0 saturated heterocycles. The molecule has 0 aliphatic carbocycles. The van der Waals surface area contributed by atoms with Crippen LogP contribution in [0.5, 0.6) is 0 Å². The molecule has 28 heavy (non-hydrogen) atoms. The molecule has 0 saturated carbocycles. The van der Waals surface area contributed by atoms with Gasteiger partial charge in [-0.2, -0.15) is 18.2 Å². The lowest BCUT2D eigenvalue weighted by Crippen LogP contribution is -2.04. The third-order valence-electron chi connectivity index (χ3n) is 3.82. The first kappa shape index (κ1) is 18.7. The monoisotopic (exact) mass is 423 g/mol. The Morgan fingerprint density at radius 1 is 1.18 bits per heavy atom. The van der Waals surface area contributed by atoms with Crippen molar-refractivity contribution in [2.24, 2.45) is 7.05 Å². The van der Waals surface area contributed by atoms with Gasteiger partial charge in [0.15, 0.2) is 11.0 Å². The van der Waals surface area contributed by atoms with Gasteiger partial charge >= 0.3 is 6.18 Å². The fourth-order valence-corrected chi connectivity index (χ4v) is 3.95. The Balaban J connectivity index is 1.48. The number of alkyl halides is 3.